The van der Waals surface area contributed by atoms with Crippen LogP contribution in [-0.2, 0) is 16.0 Å². The lowest BCUT2D eigenvalue weighted by Crippen LogP contribution is -2.31. The van der Waals surface area contributed by atoms with E-state index in [2.05, 4.69) is 45.4 Å². The number of nitrogens with one attached hydrogen (secondary N) is 2. The number of carbonyl (C=O) groups is 2. The highest BCUT2D eigenvalue weighted by atomic mass is 19.4. The number of carbonyl (C=O) groups excluding carboxylic acids is 2. The van der Waals surface area contributed by atoms with Crippen molar-refractivity contribution in [2.75, 3.05) is 38.8 Å². The van der Waals surface area contributed by atoms with Crippen molar-refractivity contribution in [1.29, 1.82) is 0 Å². The van der Waals surface area contributed by atoms with Gasteiger partial charge < -0.3 is 19.9 Å². The number of anilines is 1. The molecule has 4 rings (SSSR count). The van der Waals surface area contributed by atoms with Gasteiger partial charge in [0.1, 0.15) is 0 Å². The second kappa shape index (κ2) is 12.2. The van der Waals surface area contributed by atoms with E-state index in [4.69, 9.17) is 9.53 Å². The molecule has 1 aliphatic heterocycles. The molecule has 2 aromatic heterocycles. The van der Waals surface area contributed by atoms with E-state index in [1.807, 2.05) is 36.4 Å². The number of hydrogen-bond donors (Lipinski definition) is 2. The predicted molar refractivity (Wildman–Crippen MR) is 133 cm³/mol. The number of para-hydroxylation sites is 1. The topological polar surface area (TPSA) is 87.3 Å². The molecular weight excluding hydrogens is 473 g/mol. The Balaban J connectivity index is 0.000000538. The largest absolute Gasteiger partial charge is 0.446 e. The molecule has 0 aliphatic carbocycles. The average Bonchev–Trinajstić information content (AvgIpc) is 3.32. The number of aromatic nitrogens is 2. The quantitative estimate of drug-likeness (QED) is 0.471. The van der Waals surface area contributed by atoms with E-state index in [-0.39, 0.29) is 5.91 Å². The van der Waals surface area contributed by atoms with Crippen LogP contribution in [-0.4, -0.2) is 62.2 Å². The van der Waals surface area contributed by atoms with Crippen molar-refractivity contribution >= 4 is 30.0 Å². The number of benzene rings is 1. The number of H-pyrrole nitrogens is 1. The maximum Gasteiger partial charge on any atom is 0.446 e. The van der Waals surface area contributed by atoms with Crippen molar-refractivity contribution in [2.24, 2.45) is 0 Å². The molecule has 1 amide bonds. The first-order valence-electron chi connectivity index (χ1n) is 11.2. The standard InChI is InChI=1S/C24H26N4O2.C2HF3O/c1-28(13-14-30-2)23-6-4-3-5-17(23)7-8-19-15-18(9-11-25-19)22-16-20-21(27-22)10-12-26-24(20)29;3-2(4,5)1-6/h3-9,11,15-16,27H,10,12-14H2,1-2H3,(H,26,29);1H/b8-7+;. The molecule has 7 nitrogen and oxygen atoms in total. The van der Waals surface area contributed by atoms with Gasteiger partial charge in [-0.2, -0.15) is 13.2 Å². The fourth-order valence-electron chi connectivity index (χ4n) is 3.66. The molecule has 10 heteroatoms. The summed E-state index contributed by atoms with van der Waals surface area (Å²) in [5.41, 5.74) is 6.80. The maximum absolute atomic E-state index is 12.0. The molecule has 0 spiro atoms. The molecule has 0 saturated carbocycles. The van der Waals surface area contributed by atoms with Crippen LogP contribution < -0.4 is 10.2 Å². The Morgan fingerprint density at radius 1 is 1.17 bits per heavy atom. The van der Waals surface area contributed by atoms with Gasteiger partial charge in [0.2, 0.25) is 6.29 Å². The van der Waals surface area contributed by atoms with Gasteiger partial charge >= 0.3 is 6.18 Å². The van der Waals surface area contributed by atoms with Gasteiger partial charge in [-0.3, -0.25) is 14.6 Å². The number of amides is 1. The smallest absolute Gasteiger partial charge is 0.383 e. The molecule has 0 saturated heterocycles. The van der Waals surface area contributed by atoms with Gasteiger partial charge in [0.05, 0.1) is 17.9 Å². The Kier molecular flexibility index (Phi) is 9.02. The van der Waals surface area contributed by atoms with Gasteiger partial charge in [0.15, 0.2) is 0 Å². The summed E-state index contributed by atoms with van der Waals surface area (Å²) >= 11 is 0. The molecule has 1 aromatic carbocycles. The Morgan fingerprint density at radius 2 is 1.92 bits per heavy atom. The zero-order valence-electron chi connectivity index (χ0n) is 19.9. The Labute approximate surface area is 207 Å². The zero-order chi connectivity index (χ0) is 26.1. The monoisotopic (exact) mass is 500 g/mol. The van der Waals surface area contributed by atoms with Crippen molar-refractivity contribution in [1.82, 2.24) is 15.3 Å². The number of halogens is 3. The fraction of sp³-hybridized carbons (Fsp3) is 0.269. The van der Waals surface area contributed by atoms with E-state index in [0.29, 0.717) is 13.2 Å². The first kappa shape index (κ1) is 26.7. The van der Waals surface area contributed by atoms with Crippen LogP contribution in [0.5, 0.6) is 0 Å². The number of ether oxygens (including phenoxy) is 1. The Hall–Kier alpha value is -3.92. The molecule has 0 bridgehead atoms. The number of aldehydes is 1. The van der Waals surface area contributed by atoms with Crippen LogP contribution >= 0.6 is 0 Å². The summed E-state index contributed by atoms with van der Waals surface area (Å²) < 4.78 is 36.4. The first-order valence-corrected chi connectivity index (χ1v) is 11.2. The molecule has 36 heavy (non-hydrogen) atoms. The molecule has 190 valence electrons. The van der Waals surface area contributed by atoms with Crippen molar-refractivity contribution in [3.05, 3.63) is 71.2 Å². The van der Waals surface area contributed by atoms with Crippen LogP contribution in [0.2, 0.25) is 0 Å². The summed E-state index contributed by atoms with van der Waals surface area (Å²) in [5.74, 6) is -0.0119. The first-order chi connectivity index (χ1) is 17.2. The highest BCUT2D eigenvalue weighted by Gasteiger charge is 2.25. The minimum absolute atomic E-state index is 0.0119. The van der Waals surface area contributed by atoms with Crippen molar-refractivity contribution < 1.29 is 27.5 Å². The minimum atomic E-state index is -4.64. The lowest BCUT2D eigenvalue weighted by molar-refractivity contribution is -0.156. The van der Waals surface area contributed by atoms with E-state index < -0.39 is 12.5 Å². The molecule has 3 aromatic rings. The second-order valence-electron chi connectivity index (χ2n) is 8.02. The second-order valence-corrected chi connectivity index (χ2v) is 8.02. The molecule has 0 fully saturated rings. The third kappa shape index (κ3) is 7.29. The number of likely N-dealkylation sites (N-methyl/N-ethyl adjacent to an activating group) is 1. The summed E-state index contributed by atoms with van der Waals surface area (Å²) in [4.78, 5) is 30.8. The van der Waals surface area contributed by atoms with E-state index in [9.17, 15) is 18.0 Å². The molecule has 2 N–H and O–H groups in total. The summed E-state index contributed by atoms with van der Waals surface area (Å²) in [6.07, 6.45) is 1.02. The molecule has 0 unspecified atom stereocenters. The third-order valence-electron chi connectivity index (χ3n) is 5.44. The van der Waals surface area contributed by atoms with Crippen LogP contribution in [0.15, 0.2) is 48.7 Å². The van der Waals surface area contributed by atoms with Gasteiger partial charge in [0.25, 0.3) is 5.91 Å². The number of rotatable bonds is 7. The molecule has 0 radical (unpaired) electrons. The molecule has 1 aliphatic rings. The van der Waals surface area contributed by atoms with Gasteiger partial charge in [-0.25, -0.2) is 0 Å². The predicted octanol–water partition coefficient (Wildman–Crippen LogP) is 4.36. The highest BCUT2D eigenvalue weighted by Crippen LogP contribution is 2.25. The lowest BCUT2D eigenvalue weighted by atomic mass is 10.1. The average molecular weight is 501 g/mol. The van der Waals surface area contributed by atoms with Gasteiger partial charge in [-0.1, -0.05) is 24.3 Å². The minimum Gasteiger partial charge on any atom is -0.383 e. The number of alkyl halides is 3. The third-order valence-corrected chi connectivity index (χ3v) is 5.44. The summed E-state index contributed by atoms with van der Waals surface area (Å²) in [6, 6.07) is 14.2. The van der Waals surface area contributed by atoms with Crippen LogP contribution in [0.25, 0.3) is 23.4 Å². The molecule has 0 atom stereocenters. The van der Waals surface area contributed by atoms with Gasteiger partial charge in [0, 0.05) is 62.5 Å². The summed E-state index contributed by atoms with van der Waals surface area (Å²) in [5, 5.41) is 2.89. The number of methoxy groups -OCH3 is 1. The number of nitrogens with zero attached hydrogens (tertiary/aromatic N) is 2. The van der Waals surface area contributed by atoms with Crippen LogP contribution in [0.3, 0.4) is 0 Å². The normalized spacial score (nSPS) is 13.0. The Bertz CT molecular complexity index is 1220. The summed E-state index contributed by atoms with van der Waals surface area (Å²) in [7, 11) is 3.78. The number of pyridine rings is 1. The van der Waals surface area contributed by atoms with Crippen molar-refractivity contribution in [3.8, 4) is 11.3 Å². The van der Waals surface area contributed by atoms with E-state index in [0.717, 1.165) is 52.4 Å². The molecule has 3 heterocycles. The van der Waals surface area contributed by atoms with E-state index >= 15 is 0 Å². The Morgan fingerprint density at radius 3 is 2.61 bits per heavy atom. The molecular formula is C26H27F3N4O3. The summed E-state index contributed by atoms with van der Waals surface area (Å²) in [6.45, 7) is 2.17. The van der Waals surface area contributed by atoms with Crippen LogP contribution in [0.1, 0.15) is 27.3 Å². The highest BCUT2D eigenvalue weighted by molar-refractivity contribution is 5.97. The maximum atomic E-state index is 12.0. The lowest BCUT2D eigenvalue weighted by Gasteiger charge is -2.21. The number of hydrogen-bond acceptors (Lipinski definition) is 5. The SMILES string of the molecule is COCCN(C)c1ccccc1/C=C/c1cc(-c2cc3c([nH]2)CCNC3=O)ccn1.O=CC(F)(F)F. The van der Waals surface area contributed by atoms with E-state index in [1.54, 1.807) is 13.3 Å². The van der Waals surface area contributed by atoms with Gasteiger partial charge in [-0.15, -0.1) is 0 Å². The van der Waals surface area contributed by atoms with Gasteiger partial charge in [-0.05, 0) is 35.9 Å². The fourth-order valence-corrected chi connectivity index (χ4v) is 3.66. The number of fused-ring (bicyclic) bond motifs is 1. The van der Waals surface area contributed by atoms with Crippen LogP contribution in [0.4, 0.5) is 18.9 Å². The van der Waals surface area contributed by atoms with Crippen molar-refractivity contribution in [2.45, 2.75) is 12.6 Å². The van der Waals surface area contributed by atoms with Crippen LogP contribution in [0, 0.1) is 0 Å². The number of aromatic amines is 1. The van der Waals surface area contributed by atoms with E-state index in [1.165, 1.54) is 0 Å². The van der Waals surface area contributed by atoms with Crippen molar-refractivity contribution in [3.63, 3.8) is 0 Å². The zero-order valence-corrected chi connectivity index (χ0v) is 19.9.